The zero-order valence-electron chi connectivity index (χ0n) is 15.6. The smallest absolute Gasteiger partial charge is 0.287 e. The van der Waals surface area contributed by atoms with Crippen LogP contribution < -0.4 is 10.6 Å². The van der Waals surface area contributed by atoms with Crippen LogP contribution in [0.5, 0.6) is 0 Å². The summed E-state index contributed by atoms with van der Waals surface area (Å²) >= 11 is 6.09. The number of nitrogens with two attached hydrogens (primary N) is 1. The van der Waals surface area contributed by atoms with E-state index in [4.69, 9.17) is 11.6 Å². The number of anilines is 1. The summed E-state index contributed by atoms with van der Waals surface area (Å²) in [7, 11) is 0. The van der Waals surface area contributed by atoms with E-state index in [0.29, 0.717) is 11.6 Å². The SMILES string of the molecule is Cc1ccc(C)c(NC(=O)[C@@H]([NH2+]Cc2cccc(Cl)c2)c2ccccc2)c1. The molecule has 0 bridgehead atoms. The molecule has 0 spiro atoms. The zero-order valence-corrected chi connectivity index (χ0v) is 16.3. The number of benzene rings is 3. The molecule has 3 aromatic carbocycles. The van der Waals surface area contributed by atoms with Gasteiger partial charge in [0.25, 0.3) is 5.91 Å². The molecule has 4 heteroatoms. The Hall–Kier alpha value is -2.62. The minimum absolute atomic E-state index is 0.0306. The van der Waals surface area contributed by atoms with Crippen molar-refractivity contribution in [3.63, 3.8) is 0 Å². The van der Waals surface area contributed by atoms with Gasteiger partial charge < -0.3 is 10.6 Å². The number of amides is 1. The number of halogens is 1. The van der Waals surface area contributed by atoms with E-state index in [2.05, 4.69) is 5.32 Å². The molecule has 3 nitrogen and oxygen atoms in total. The van der Waals surface area contributed by atoms with Crippen molar-refractivity contribution in [1.82, 2.24) is 0 Å². The molecule has 0 aliphatic rings. The van der Waals surface area contributed by atoms with Crippen LogP contribution in [0.25, 0.3) is 0 Å². The van der Waals surface area contributed by atoms with Crippen LogP contribution in [-0.4, -0.2) is 5.91 Å². The second kappa shape index (κ2) is 8.85. The maximum absolute atomic E-state index is 13.1. The largest absolute Gasteiger partial charge is 0.328 e. The van der Waals surface area contributed by atoms with E-state index < -0.39 is 0 Å². The number of nitrogens with one attached hydrogen (secondary N) is 1. The standard InChI is InChI=1S/C23H23ClN2O/c1-16-11-12-17(2)21(13-16)26-23(27)22(19-8-4-3-5-9-19)25-15-18-7-6-10-20(24)14-18/h3-14,22,25H,15H2,1-2H3,(H,26,27)/p+1/t22-/m0/s1. The van der Waals surface area contributed by atoms with Crippen LogP contribution in [0.15, 0.2) is 72.8 Å². The van der Waals surface area contributed by atoms with Gasteiger partial charge in [0.15, 0.2) is 6.04 Å². The highest BCUT2D eigenvalue weighted by atomic mass is 35.5. The molecule has 1 amide bonds. The predicted molar refractivity (Wildman–Crippen MR) is 111 cm³/mol. The number of quaternary nitrogens is 1. The van der Waals surface area contributed by atoms with Gasteiger partial charge in [0.2, 0.25) is 0 Å². The van der Waals surface area contributed by atoms with Gasteiger partial charge in [0.1, 0.15) is 6.54 Å². The number of rotatable bonds is 6. The van der Waals surface area contributed by atoms with Gasteiger partial charge in [-0.25, -0.2) is 0 Å². The van der Waals surface area contributed by atoms with Gasteiger partial charge in [-0.2, -0.15) is 0 Å². The Balaban J connectivity index is 1.81. The molecule has 0 saturated heterocycles. The number of carbonyl (C=O) groups excluding carboxylic acids is 1. The molecule has 1 atom stereocenters. The molecular formula is C23H24ClN2O+. The molecule has 3 N–H and O–H groups in total. The van der Waals surface area contributed by atoms with Crippen molar-refractivity contribution in [3.05, 3.63) is 100 Å². The lowest BCUT2D eigenvalue weighted by Gasteiger charge is -2.17. The topological polar surface area (TPSA) is 45.7 Å². The fourth-order valence-electron chi connectivity index (χ4n) is 3.05. The van der Waals surface area contributed by atoms with Crippen molar-refractivity contribution in [3.8, 4) is 0 Å². The van der Waals surface area contributed by atoms with Crippen LogP contribution >= 0.6 is 11.6 Å². The number of carbonyl (C=O) groups is 1. The maximum atomic E-state index is 13.1. The molecule has 0 radical (unpaired) electrons. The fraction of sp³-hybridized carbons (Fsp3) is 0.174. The Labute approximate surface area is 165 Å². The third kappa shape index (κ3) is 5.19. The van der Waals surface area contributed by atoms with E-state index in [1.165, 1.54) is 0 Å². The molecule has 0 saturated carbocycles. The summed E-state index contributed by atoms with van der Waals surface area (Å²) in [5.74, 6) is -0.0306. The quantitative estimate of drug-likeness (QED) is 0.655. The average molecular weight is 380 g/mol. The highest BCUT2D eigenvalue weighted by molar-refractivity contribution is 6.30. The first-order valence-corrected chi connectivity index (χ1v) is 9.41. The van der Waals surface area contributed by atoms with E-state index in [1.54, 1.807) is 0 Å². The Morgan fingerprint density at radius 1 is 1.00 bits per heavy atom. The van der Waals surface area contributed by atoms with E-state index in [1.807, 2.05) is 92.0 Å². The van der Waals surface area contributed by atoms with Crippen LogP contribution in [0.1, 0.15) is 28.3 Å². The lowest BCUT2D eigenvalue weighted by molar-refractivity contribution is -0.697. The monoisotopic (exact) mass is 379 g/mol. The van der Waals surface area contributed by atoms with Crippen LogP contribution in [0.4, 0.5) is 5.69 Å². The molecule has 0 aromatic heterocycles. The molecule has 27 heavy (non-hydrogen) atoms. The van der Waals surface area contributed by atoms with Crippen molar-refractivity contribution in [2.75, 3.05) is 5.32 Å². The van der Waals surface area contributed by atoms with Gasteiger partial charge in [0.05, 0.1) is 0 Å². The second-order valence-corrected chi connectivity index (χ2v) is 7.20. The van der Waals surface area contributed by atoms with Crippen LogP contribution in [-0.2, 0) is 11.3 Å². The van der Waals surface area contributed by atoms with Gasteiger partial charge in [-0.3, -0.25) is 4.79 Å². The average Bonchev–Trinajstić information content (AvgIpc) is 2.66. The fourth-order valence-corrected chi connectivity index (χ4v) is 3.27. The summed E-state index contributed by atoms with van der Waals surface area (Å²) in [6, 6.07) is 23.3. The van der Waals surface area contributed by atoms with Gasteiger partial charge in [-0.1, -0.05) is 66.2 Å². The summed E-state index contributed by atoms with van der Waals surface area (Å²) in [5, 5.41) is 5.85. The zero-order chi connectivity index (χ0) is 19.2. The Kier molecular flexibility index (Phi) is 6.28. The van der Waals surface area contributed by atoms with Gasteiger partial charge in [-0.15, -0.1) is 0 Å². The third-order valence-corrected chi connectivity index (χ3v) is 4.81. The lowest BCUT2D eigenvalue weighted by atomic mass is 10.0. The number of hydrogen-bond acceptors (Lipinski definition) is 1. The van der Waals surface area contributed by atoms with Crippen LogP contribution in [0.2, 0.25) is 5.02 Å². The first kappa shape index (κ1) is 19.2. The summed E-state index contributed by atoms with van der Waals surface area (Å²) in [4.78, 5) is 13.1. The lowest BCUT2D eigenvalue weighted by Crippen LogP contribution is -2.85. The van der Waals surface area contributed by atoms with Crippen LogP contribution in [0, 0.1) is 13.8 Å². The van der Waals surface area contributed by atoms with E-state index in [0.717, 1.165) is 27.9 Å². The van der Waals surface area contributed by atoms with Crippen LogP contribution in [0.3, 0.4) is 0 Å². The highest BCUT2D eigenvalue weighted by Crippen LogP contribution is 2.19. The minimum Gasteiger partial charge on any atom is -0.328 e. The van der Waals surface area contributed by atoms with E-state index in [9.17, 15) is 4.79 Å². The molecule has 3 aromatic rings. The molecule has 0 aliphatic carbocycles. The maximum Gasteiger partial charge on any atom is 0.287 e. The van der Waals surface area contributed by atoms with Crippen molar-refractivity contribution < 1.29 is 10.1 Å². The molecule has 0 heterocycles. The van der Waals surface area contributed by atoms with Crippen molar-refractivity contribution in [2.24, 2.45) is 0 Å². The first-order chi connectivity index (χ1) is 13.0. The molecule has 0 unspecified atom stereocenters. The Morgan fingerprint density at radius 3 is 2.52 bits per heavy atom. The van der Waals surface area contributed by atoms with Crippen molar-refractivity contribution >= 4 is 23.2 Å². The summed E-state index contributed by atoms with van der Waals surface area (Å²) in [6.45, 7) is 4.69. The molecule has 3 rings (SSSR count). The molecular weight excluding hydrogens is 356 g/mol. The number of hydrogen-bond donors (Lipinski definition) is 2. The molecule has 0 fully saturated rings. The first-order valence-electron chi connectivity index (χ1n) is 9.04. The normalized spacial score (nSPS) is 11.8. The molecule has 138 valence electrons. The molecule has 0 aliphatic heterocycles. The predicted octanol–water partition coefficient (Wildman–Crippen LogP) is 4.40. The van der Waals surface area contributed by atoms with Crippen molar-refractivity contribution in [1.29, 1.82) is 0 Å². The van der Waals surface area contributed by atoms with E-state index in [-0.39, 0.29) is 11.9 Å². The summed E-state index contributed by atoms with van der Waals surface area (Å²) < 4.78 is 0. The number of aryl methyl sites for hydroxylation is 2. The minimum atomic E-state index is -0.343. The Bertz CT molecular complexity index is 925. The second-order valence-electron chi connectivity index (χ2n) is 6.77. The van der Waals surface area contributed by atoms with E-state index >= 15 is 0 Å². The third-order valence-electron chi connectivity index (χ3n) is 4.57. The summed E-state index contributed by atoms with van der Waals surface area (Å²) in [6.07, 6.45) is 0. The Morgan fingerprint density at radius 2 is 1.78 bits per heavy atom. The van der Waals surface area contributed by atoms with Gasteiger partial charge in [0, 0.05) is 21.8 Å². The van der Waals surface area contributed by atoms with Crippen molar-refractivity contribution in [2.45, 2.75) is 26.4 Å². The summed E-state index contributed by atoms with van der Waals surface area (Å²) in [5.41, 5.74) is 5.09. The highest BCUT2D eigenvalue weighted by Gasteiger charge is 2.24. The van der Waals surface area contributed by atoms with Gasteiger partial charge >= 0.3 is 0 Å². The van der Waals surface area contributed by atoms with Gasteiger partial charge in [-0.05, 0) is 43.2 Å².